The predicted molar refractivity (Wildman–Crippen MR) is 63.3 cm³/mol. The van der Waals surface area contributed by atoms with E-state index in [0.29, 0.717) is 15.5 Å². The highest BCUT2D eigenvalue weighted by atomic mass is 32.1. The number of hydrogen-bond acceptors (Lipinski definition) is 4. The molecular formula is C11H7N3O2S. The topological polar surface area (TPSA) is 67.5 Å². The van der Waals surface area contributed by atoms with Crippen LogP contribution in [0.4, 0.5) is 0 Å². The Morgan fingerprint density at radius 2 is 2.06 bits per heavy atom. The van der Waals surface area contributed by atoms with E-state index in [1.165, 1.54) is 11.3 Å². The number of aromatic nitrogens is 3. The number of fused-ring (bicyclic) bond motifs is 1. The number of aromatic carboxylic acids is 1. The Hall–Kier alpha value is -2.21. The van der Waals surface area contributed by atoms with Crippen LogP contribution in [0.1, 0.15) is 9.67 Å². The van der Waals surface area contributed by atoms with E-state index in [0.717, 1.165) is 5.56 Å². The van der Waals surface area contributed by atoms with Gasteiger partial charge < -0.3 is 5.11 Å². The van der Waals surface area contributed by atoms with E-state index in [4.69, 9.17) is 0 Å². The van der Waals surface area contributed by atoms with Crippen LogP contribution in [0.15, 0.2) is 36.9 Å². The lowest BCUT2D eigenvalue weighted by molar-refractivity contribution is 0.0702. The molecule has 0 atom stereocenters. The average molecular weight is 245 g/mol. The molecule has 0 unspecified atom stereocenters. The minimum Gasteiger partial charge on any atom is -0.477 e. The number of hydrogen-bond donors (Lipinski definition) is 1. The molecule has 0 aliphatic rings. The van der Waals surface area contributed by atoms with Crippen molar-refractivity contribution in [2.24, 2.45) is 0 Å². The van der Waals surface area contributed by atoms with Crippen LogP contribution in [-0.4, -0.2) is 25.4 Å². The molecule has 3 rings (SSSR count). The smallest absolute Gasteiger partial charge is 0.348 e. The van der Waals surface area contributed by atoms with E-state index >= 15 is 0 Å². The van der Waals surface area contributed by atoms with Gasteiger partial charge in [-0.15, -0.1) is 0 Å². The SMILES string of the molecule is O=C(O)c1sc2nccn2c1-c1ccncc1. The third-order valence-corrected chi connectivity index (χ3v) is 3.46. The number of rotatable bonds is 2. The summed E-state index contributed by atoms with van der Waals surface area (Å²) in [6.45, 7) is 0. The largest absolute Gasteiger partial charge is 0.477 e. The van der Waals surface area contributed by atoms with E-state index < -0.39 is 5.97 Å². The zero-order chi connectivity index (χ0) is 11.8. The first kappa shape index (κ1) is 9.98. The lowest BCUT2D eigenvalue weighted by atomic mass is 10.2. The highest BCUT2D eigenvalue weighted by Gasteiger charge is 2.19. The molecule has 17 heavy (non-hydrogen) atoms. The molecule has 3 aromatic rings. The van der Waals surface area contributed by atoms with Crippen molar-refractivity contribution in [3.8, 4) is 11.3 Å². The molecule has 5 nitrogen and oxygen atoms in total. The highest BCUT2D eigenvalue weighted by molar-refractivity contribution is 7.19. The van der Waals surface area contributed by atoms with Crippen LogP contribution < -0.4 is 0 Å². The standard InChI is InChI=1S/C11H7N3O2S/c15-10(16)9-8(7-1-3-12-4-2-7)14-6-5-13-11(14)17-9/h1-6H,(H,15,16). The molecule has 0 radical (unpaired) electrons. The number of carboxylic acid groups (broad SMARTS) is 1. The summed E-state index contributed by atoms with van der Waals surface area (Å²) in [4.78, 5) is 20.2. The molecule has 0 aliphatic carbocycles. The van der Waals surface area contributed by atoms with Crippen LogP contribution in [0.25, 0.3) is 16.2 Å². The molecule has 0 fully saturated rings. The quantitative estimate of drug-likeness (QED) is 0.751. The Kier molecular flexibility index (Phi) is 2.15. The molecule has 0 amide bonds. The lowest BCUT2D eigenvalue weighted by Crippen LogP contribution is -1.97. The Morgan fingerprint density at radius 3 is 2.76 bits per heavy atom. The van der Waals surface area contributed by atoms with Crippen LogP contribution >= 0.6 is 11.3 Å². The van der Waals surface area contributed by atoms with Crippen molar-refractivity contribution < 1.29 is 9.90 Å². The van der Waals surface area contributed by atoms with Gasteiger partial charge in [0.25, 0.3) is 0 Å². The summed E-state index contributed by atoms with van der Waals surface area (Å²) in [6, 6.07) is 3.57. The van der Waals surface area contributed by atoms with E-state index in [2.05, 4.69) is 9.97 Å². The Balaban J connectivity index is 2.36. The minimum absolute atomic E-state index is 0.291. The van der Waals surface area contributed by atoms with Crippen LogP contribution in [0.2, 0.25) is 0 Å². The summed E-state index contributed by atoms with van der Waals surface area (Å²) in [5.41, 5.74) is 1.47. The molecule has 0 saturated heterocycles. The fourth-order valence-corrected chi connectivity index (χ4v) is 2.66. The fourth-order valence-electron chi connectivity index (χ4n) is 1.71. The second-order valence-corrected chi connectivity index (χ2v) is 4.38. The van der Waals surface area contributed by atoms with Gasteiger partial charge in [0.1, 0.15) is 4.88 Å². The molecule has 0 bridgehead atoms. The number of carbonyl (C=O) groups is 1. The maximum Gasteiger partial charge on any atom is 0.348 e. The number of imidazole rings is 1. The van der Waals surface area contributed by atoms with Gasteiger partial charge in [0.2, 0.25) is 0 Å². The van der Waals surface area contributed by atoms with Crippen molar-refractivity contribution in [1.29, 1.82) is 0 Å². The number of carboxylic acids is 1. The van der Waals surface area contributed by atoms with Gasteiger partial charge in [-0.1, -0.05) is 11.3 Å². The van der Waals surface area contributed by atoms with Gasteiger partial charge in [-0.05, 0) is 12.1 Å². The molecular weight excluding hydrogens is 238 g/mol. The van der Waals surface area contributed by atoms with Gasteiger partial charge in [0.15, 0.2) is 4.96 Å². The summed E-state index contributed by atoms with van der Waals surface area (Å²) in [5, 5.41) is 9.20. The van der Waals surface area contributed by atoms with Gasteiger partial charge in [-0.2, -0.15) is 0 Å². The molecule has 0 spiro atoms. The van der Waals surface area contributed by atoms with E-state index in [1.807, 2.05) is 0 Å². The molecule has 0 saturated carbocycles. The monoisotopic (exact) mass is 245 g/mol. The predicted octanol–water partition coefficient (Wildman–Crippen LogP) is 2.16. The zero-order valence-electron chi connectivity index (χ0n) is 8.57. The van der Waals surface area contributed by atoms with Crippen LogP contribution in [0.5, 0.6) is 0 Å². The maximum absolute atomic E-state index is 11.2. The molecule has 0 aromatic carbocycles. The Morgan fingerprint density at radius 1 is 1.29 bits per heavy atom. The van der Waals surface area contributed by atoms with Crippen molar-refractivity contribution in [3.63, 3.8) is 0 Å². The first-order valence-electron chi connectivity index (χ1n) is 4.87. The molecule has 1 N–H and O–H groups in total. The third kappa shape index (κ3) is 1.50. The first-order valence-corrected chi connectivity index (χ1v) is 5.68. The van der Waals surface area contributed by atoms with Crippen molar-refractivity contribution in [3.05, 3.63) is 41.8 Å². The normalized spacial score (nSPS) is 10.8. The summed E-state index contributed by atoms with van der Waals surface area (Å²) in [6.07, 6.45) is 6.69. The van der Waals surface area contributed by atoms with E-state index in [1.54, 1.807) is 41.3 Å². The van der Waals surface area contributed by atoms with Crippen LogP contribution in [-0.2, 0) is 0 Å². The van der Waals surface area contributed by atoms with Gasteiger partial charge >= 0.3 is 5.97 Å². The Bertz CT molecular complexity index is 687. The minimum atomic E-state index is -0.938. The summed E-state index contributed by atoms with van der Waals surface area (Å²) in [7, 11) is 0. The molecule has 3 aromatic heterocycles. The molecule has 3 heterocycles. The van der Waals surface area contributed by atoms with E-state index in [9.17, 15) is 9.90 Å². The maximum atomic E-state index is 11.2. The number of thiazole rings is 1. The third-order valence-electron chi connectivity index (χ3n) is 2.40. The van der Waals surface area contributed by atoms with Crippen LogP contribution in [0.3, 0.4) is 0 Å². The number of pyridine rings is 1. The lowest BCUT2D eigenvalue weighted by Gasteiger charge is -2.00. The van der Waals surface area contributed by atoms with Gasteiger partial charge in [0.05, 0.1) is 5.69 Å². The fraction of sp³-hybridized carbons (Fsp3) is 0. The first-order chi connectivity index (χ1) is 8.27. The second kappa shape index (κ2) is 3.67. The molecule has 0 aliphatic heterocycles. The second-order valence-electron chi connectivity index (χ2n) is 3.40. The van der Waals surface area contributed by atoms with Crippen molar-refractivity contribution in [2.75, 3.05) is 0 Å². The highest BCUT2D eigenvalue weighted by Crippen LogP contribution is 2.30. The molecule has 6 heteroatoms. The Labute approximate surface area is 100 Å². The van der Waals surface area contributed by atoms with Gasteiger partial charge in [-0.3, -0.25) is 9.38 Å². The summed E-state index contributed by atoms with van der Waals surface area (Å²) in [5.74, 6) is -0.938. The molecule has 84 valence electrons. The van der Waals surface area contributed by atoms with E-state index in [-0.39, 0.29) is 0 Å². The zero-order valence-corrected chi connectivity index (χ0v) is 9.39. The van der Waals surface area contributed by atoms with Gasteiger partial charge in [-0.25, -0.2) is 9.78 Å². The summed E-state index contributed by atoms with van der Waals surface area (Å²) >= 11 is 1.17. The number of nitrogens with zero attached hydrogens (tertiary/aromatic N) is 3. The van der Waals surface area contributed by atoms with Crippen molar-refractivity contribution in [1.82, 2.24) is 14.4 Å². The van der Waals surface area contributed by atoms with Gasteiger partial charge in [0, 0.05) is 30.4 Å². The summed E-state index contributed by atoms with van der Waals surface area (Å²) < 4.78 is 1.78. The van der Waals surface area contributed by atoms with Crippen molar-refractivity contribution in [2.45, 2.75) is 0 Å². The van der Waals surface area contributed by atoms with Crippen molar-refractivity contribution >= 4 is 22.3 Å². The van der Waals surface area contributed by atoms with Crippen LogP contribution in [0, 0.1) is 0 Å². The average Bonchev–Trinajstić information content (AvgIpc) is 2.89.